The van der Waals surface area contributed by atoms with Gasteiger partial charge in [0, 0.05) is 18.0 Å². The number of hydrogen-bond acceptors (Lipinski definition) is 3. The molecule has 0 aliphatic carbocycles. The van der Waals surface area contributed by atoms with Gasteiger partial charge in [-0.05, 0) is 6.07 Å². The summed E-state index contributed by atoms with van der Waals surface area (Å²) in [6.07, 6.45) is 2.78. The largest absolute Gasteiger partial charge is 0.322 e. The summed E-state index contributed by atoms with van der Waals surface area (Å²) >= 11 is 16.5. The zero-order chi connectivity index (χ0) is 15.5. The Kier molecular flexibility index (Phi) is 4.83. The monoisotopic (exact) mass is 342 g/mol. The van der Waals surface area contributed by atoms with Crippen molar-refractivity contribution in [2.75, 3.05) is 5.32 Å². The Bertz CT molecular complexity index is 669. The molecule has 1 aromatic carbocycles. The predicted molar refractivity (Wildman–Crippen MR) is 83.0 cm³/mol. The number of carbonyl (C=O) groups excluding carboxylic acids is 2. The summed E-state index contributed by atoms with van der Waals surface area (Å²) in [5.74, 6) is -1.14. The third kappa shape index (κ3) is 3.94. The number of anilines is 1. The number of nitrogens with one attached hydrogen (secondary N) is 1. The van der Waals surface area contributed by atoms with Crippen molar-refractivity contribution < 1.29 is 9.59 Å². The van der Waals surface area contributed by atoms with Crippen LogP contribution in [-0.4, -0.2) is 20.5 Å². The molecule has 2 aromatic rings. The number of benzene rings is 1. The lowest BCUT2D eigenvalue weighted by Gasteiger charge is -2.13. The standard InChI is InChI=1S/C14H9Cl3N2O2/c15-14(16,17)13(21)19-11-6-7-18-8-10(11)12(20)9-4-2-1-3-5-9/h1-8H,(H,18,19,21). The zero-order valence-electron chi connectivity index (χ0n) is 10.5. The van der Waals surface area contributed by atoms with Crippen molar-refractivity contribution in [3.63, 3.8) is 0 Å². The van der Waals surface area contributed by atoms with Crippen molar-refractivity contribution in [1.29, 1.82) is 0 Å². The molecule has 0 atom stereocenters. The molecule has 0 aliphatic rings. The molecule has 0 fully saturated rings. The summed E-state index contributed by atoms with van der Waals surface area (Å²) in [7, 11) is 0. The number of alkyl halides is 3. The van der Waals surface area contributed by atoms with Crippen molar-refractivity contribution in [2.45, 2.75) is 3.79 Å². The van der Waals surface area contributed by atoms with Gasteiger partial charge in [-0.15, -0.1) is 0 Å². The number of rotatable bonds is 3. The van der Waals surface area contributed by atoms with Gasteiger partial charge in [-0.2, -0.15) is 0 Å². The molecule has 21 heavy (non-hydrogen) atoms. The van der Waals surface area contributed by atoms with E-state index in [9.17, 15) is 9.59 Å². The molecule has 0 unspecified atom stereocenters. The summed E-state index contributed by atoms with van der Waals surface area (Å²) in [6, 6.07) is 10.1. The third-order valence-corrected chi connectivity index (χ3v) is 3.12. The first kappa shape index (κ1) is 15.8. The molecule has 108 valence electrons. The molecule has 0 spiro atoms. The van der Waals surface area contributed by atoms with Crippen LogP contribution in [0.25, 0.3) is 0 Å². The lowest BCUT2D eigenvalue weighted by molar-refractivity contribution is -0.115. The maximum absolute atomic E-state index is 12.4. The van der Waals surface area contributed by atoms with Crippen LogP contribution >= 0.6 is 34.8 Å². The number of hydrogen-bond donors (Lipinski definition) is 1. The van der Waals surface area contributed by atoms with Gasteiger partial charge in [0.25, 0.3) is 9.70 Å². The molecule has 1 heterocycles. The van der Waals surface area contributed by atoms with Gasteiger partial charge >= 0.3 is 0 Å². The average molecular weight is 344 g/mol. The van der Waals surface area contributed by atoms with E-state index in [0.717, 1.165) is 0 Å². The average Bonchev–Trinajstić information content (AvgIpc) is 2.47. The van der Waals surface area contributed by atoms with Crippen LogP contribution in [-0.2, 0) is 4.79 Å². The number of carbonyl (C=O) groups is 2. The molecule has 1 aromatic heterocycles. The summed E-state index contributed by atoms with van der Waals surface area (Å²) < 4.78 is -2.11. The van der Waals surface area contributed by atoms with Gasteiger partial charge in [0.15, 0.2) is 5.78 Å². The summed E-state index contributed by atoms with van der Waals surface area (Å²) in [5, 5.41) is 2.41. The Morgan fingerprint density at radius 3 is 2.33 bits per heavy atom. The highest BCUT2D eigenvalue weighted by molar-refractivity contribution is 6.76. The van der Waals surface area contributed by atoms with Crippen molar-refractivity contribution >= 4 is 52.2 Å². The maximum atomic E-state index is 12.4. The zero-order valence-corrected chi connectivity index (χ0v) is 12.8. The van der Waals surface area contributed by atoms with Crippen LogP contribution in [0.5, 0.6) is 0 Å². The third-order valence-electron chi connectivity index (χ3n) is 2.61. The first-order valence-corrected chi connectivity index (χ1v) is 6.95. The summed E-state index contributed by atoms with van der Waals surface area (Å²) in [5.41, 5.74) is 0.913. The van der Waals surface area contributed by atoms with E-state index in [0.29, 0.717) is 5.56 Å². The first-order valence-electron chi connectivity index (χ1n) is 5.81. The molecule has 0 aliphatic heterocycles. The number of halogens is 3. The van der Waals surface area contributed by atoms with Crippen molar-refractivity contribution in [3.05, 3.63) is 59.9 Å². The summed E-state index contributed by atoms with van der Waals surface area (Å²) in [6.45, 7) is 0. The minimum absolute atomic E-state index is 0.214. The van der Waals surface area contributed by atoms with Gasteiger partial charge in [-0.3, -0.25) is 14.6 Å². The van der Waals surface area contributed by atoms with Crippen molar-refractivity contribution in [2.24, 2.45) is 0 Å². The highest BCUT2D eigenvalue weighted by atomic mass is 35.6. The molecule has 0 radical (unpaired) electrons. The van der Waals surface area contributed by atoms with Gasteiger partial charge in [0.2, 0.25) is 0 Å². The van der Waals surface area contributed by atoms with E-state index in [4.69, 9.17) is 34.8 Å². The lowest BCUT2D eigenvalue weighted by atomic mass is 10.0. The highest BCUT2D eigenvalue weighted by Crippen LogP contribution is 2.28. The van der Waals surface area contributed by atoms with Crippen molar-refractivity contribution in [1.82, 2.24) is 4.98 Å². The normalized spacial score (nSPS) is 11.0. The Hall–Kier alpha value is -1.62. The summed E-state index contributed by atoms with van der Waals surface area (Å²) in [4.78, 5) is 28.0. The lowest BCUT2D eigenvalue weighted by Crippen LogP contribution is -2.27. The fourth-order valence-corrected chi connectivity index (χ4v) is 1.76. The number of amides is 1. The minimum atomic E-state index is -2.11. The Morgan fingerprint density at radius 1 is 1.05 bits per heavy atom. The fraction of sp³-hybridized carbons (Fsp3) is 0.0714. The first-order chi connectivity index (χ1) is 9.89. The number of pyridine rings is 1. The van der Waals surface area contributed by atoms with E-state index >= 15 is 0 Å². The molecule has 2 rings (SSSR count). The molecular weight excluding hydrogens is 335 g/mol. The van der Waals surface area contributed by atoms with E-state index in [-0.39, 0.29) is 17.0 Å². The van der Waals surface area contributed by atoms with Gasteiger partial charge in [-0.25, -0.2) is 0 Å². The van der Waals surface area contributed by atoms with Crippen molar-refractivity contribution in [3.8, 4) is 0 Å². The minimum Gasteiger partial charge on any atom is -0.322 e. The second kappa shape index (κ2) is 6.43. The van der Waals surface area contributed by atoms with E-state index in [1.54, 1.807) is 30.3 Å². The molecule has 0 saturated heterocycles. The molecule has 0 saturated carbocycles. The van der Waals surface area contributed by atoms with E-state index in [2.05, 4.69) is 10.3 Å². The topological polar surface area (TPSA) is 59.1 Å². The highest BCUT2D eigenvalue weighted by Gasteiger charge is 2.31. The fourth-order valence-electron chi connectivity index (χ4n) is 1.62. The van der Waals surface area contributed by atoms with E-state index < -0.39 is 9.70 Å². The van der Waals surface area contributed by atoms with Crippen LogP contribution in [0, 0.1) is 0 Å². The number of ketones is 1. The molecule has 4 nitrogen and oxygen atoms in total. The van der Waals surface area contributed by atoms with Crippen LogP contribution in [0.15, 0.2) is 48.8 Å². The van der Waals surface area contributed by atoms with Crippen LogP contribution in [0.2, 0.25) is 0 Å². The molecule has 7 heteroatoms. The maximum Gasteiger partial charge on any atom is 0.276 e. The SMILES string of the molecule is O=C(c1ccccc1)c1cnccc1NC(=O)C(Cl)(Cl)Cl. The van der Waals surface area contributed by atoms with E-state index in [1.165, 1.54) is 18.5 Å². The predicted octanol–water partition coefficient (Wildman–Crippen LogP) is 3.62. The van der Waals surface area contributed by atoms with Crippen LogP contribution < -0.4 is 5.32 Å². The van der Waals surface area contributed by atoms with Gasteiger partial charge in [0.05, 0.1) is 11.3 Å². The Morgan fingerprint density at radius 2 is 1.71 bits per heavy atom. The quantitative estimate of drug-likeness (QED) is 0.684. The molecule has 1 amide bonds. The number of aromatic nitrogens is 1. The van der Waals surface area contributed by atoms with Gasteiger partial charge in [-0.1, -0.05) is 65.1 Å². The van der Waals surface area contributed by atoms with Crippen LogP contribution in [0.1, 0.15) is 15.9 Å². The second-order valence-electron chi connectivity index (χ2n) is 4.07. The molecule has 0 bridgehead atoms. The van der Waals surface area contributed by atoms with Crippen LogP contribution in [0.4, 0.5) is 5.69 Å². The molecular formula is C14H9Cl3N2O2. The van der Waals surface area contributed by atoms with Gasteiger partial charge < -0.3 is 5.32 Å². The number of nitrogens with zero attached hydrogens (tertiary/aromatic N) is 1. The Labute approximate surface area is 136 Å². The Balaban J connectivity index is 2.34. The van der Waals surface area contributed by atoms with Gasteiger partial charge in [0.1, 0.15) is 0 Å². The molecule has 1 N–H and O–H groups in total. The van der Waals surface area contributed by atoms with Crippen LogP contribution in [0.3, 0.4) is 0 Å². The van der Waals surface area contributed by atoms with E-state index in [1.807, 2.05) is 0 Å². The smallest absolute Gasteiger partial charge is 0.276 e. The second-order valence-corrected chi connectivity index (χ2v) is 6.35.